The Morgan fingerprint density at radius 2 is 1.87 bits per heavy atom. The molecule has 1 aromatic rings. The first-order valence-electron chi connectivity index (χ1n) is 7.92. The molecule has 2 heterocycles. The first kappa shape index (κ1) is 16.1. The first-order chi connectivity index (χ1) is 11.1. The highest BCUT2D eigenvalue weighted by Gasteiger charge is 2.28. The van der Waals surface area contributed by atoms with E-state index in [1.807, 2.05) is 4.90 Å². The van der Waals surface area contributed by atoms with Crippen LogP contribution in [0.15, 0.2) is 24.3 Å². The molecule has 5 nitrogen and oxygen atoms in total. The zero-order chi connectivity index (χ0) is 16.2. The van der Waals surface area contributed by atoms with Gasteiger partial charge in [-0.2, -0.15) is 8.78 Å². The van der Waals surface area contributed by atoms with Gasteiger partial charge in [-0.3, -0.25) is 9.69 Å². The Bertz CT molecular complexity index is 525. The lowest BCUT2D eigenvalue weighted by Crippen LogP contribution is -2.52. The maximum Gasteiger partial charge on any atom is 0.387 e. The number of benzene rings is 1. The van der Waals surface area contributed by atoms with E-state index in [0.29, 0.717) is 24.7 Å². The molecule has 2 aliphatic heterocycles. The molecule has 1 aromatic carbocycles. The molecule has 3 rings (SSSR count). The normalized spacial score (nSPS) is 22.6. The molecule has 1 atom stereocenters. The van der Waals surface area contributed by atoms with Gasteiger partial charge in [-0.05, 0) is 37.2 Å². The fraction of sp³-hybridized carbons (Fsp3) is 0.562. The molecule has 0 radical (unpaired) electrons. The van der Waals surface area contributed by atoms with Crippen LogP contribution in [0.4, 0.5) is 8.78 Å². The number of carbonyl (C=O) groups is 1. The van der Waals surface area contributed by atoms with Crippen LogP contribution in [0.5, 0.6) is 5.75 Å². The van der Waals surface area contributed by atoms with E-state index in [9.17, 15) is 13.6 Å². The summed E-state index contributed by atoms with van der Waals surface area (Å²) in [6.07, 6.45) is 1.17. The van der Waals surface area contributed by atoms with E-state index < -0.39 is 6.61 Å². The van der Waals surface area contributed by atoms with Crippen LogP contribution >= 0.6 is 0 Å². The summed E-state index contributed by atoms with van der Waals surface area (Å²) in [7, 11) is 0. The molecule has 7 heteroatoms. The van der Waals surface area contributed by atoms with Crippen molar-refractivity contribution in [3.05, 3.63) is 29.8 Å². The predicted octanol–water partition coefficient (Wildman–Crippen LogP) is 1.41. The highest BCUT2D eigenvalue weighted by molar-refractivity contribution is 5.94. The number of hydrogen-bond donors (Lipinski definition) is 1. The number of nitrogens with one attached hydrogen (secondary N) is 1. The smallest absolute Gasteiger partial charge is 0.387 e. The Hall–Kier alpha value is -1.73. The summed E-state index contributed by atoms with van der Waals surface area (Å²) in [4.78, 5) is 16.7. The summed E-state index contributed by atoms with van der Waals surface area (Å²) in [6.45, 7) is 2.40. The molecule has 0 aromatic heterocycles. The summed E-state index contributed by atoms with van der Waals surface area (Å²) in [5, 5.41) is 3.36. The van der Waals surface area contributed by atoms with Crippen molar-refractivity contribution in [1.29, 1.82) is 0 Å². The van der Waals surface area contributed by atoms with Gasteiger partial charge < -0.3 is 15.0 Å². The van der Waals surface area contributed by atoms with Gasteiger partial charge >= 0.3 is 6.61 Å². The van der Waals surface area contributed by atoms with Gasteiger partial charge in [0.25, 0.3) is 5.91 Å². The van der Waals surface area contributed by atoms with Crippen LogP contribution in [0.2, 0.25) is 0 Å². The lowest BCUT2D eigenvalue weighted by Gasteiger charge is -2.37. The largest absolute Gasteiger partial charge is 0.435 e. The minimum absolute atomic E-state index is 0.0576. The molecule has 0 spiro atoms. The molecular weight excluding hydrogens is 304 g/mol. The molecule has 0 aliphatic carbocycles. The van der Waals surface area contributed by atoms with Crippen LogP contribution in [0, 0.1) is 0 Å². The van der Waals surface area contributed by atoms with Crippen molar-refractivity contribution in [2.24, 2.45) is 0 Å². The zero-order valence-corrected chi connectivity index (χ0v) is 12.9. The average Bonchev–Trinajstić information content (AvgIpc) is 3.09. The molecule has 126 valence electrons. The molecule has 1 N–H and O–H groups in total. The number of halogens is 2. The van der Waals surface area contributed by atoms with Gasteiger partial charge in [0.05, 0.1) is 0 Å². The number of nitrogens with zero attached hydrogens (tertiary/aromatic N) is 2. The standard InChI is InChI=1S/C16H21F2N3O2/c17-16(18)23-14-3-1-12(2-4-14)15(22)21-9-7-20(8-10-21)13-5-6-19-11-13/h1-4,13,16,19H,5-11H2. The highest BCUT2D eigenvalue weighted by atomic mass is 19.3. The summed E-state index contributed by atoms with van der Waals surface area (Å²) in [6, 6.07) is 6.46. The van der Waals surface area contributed by atoms with Crippen LogP contribution in [0.1, 0.15) is 16.8 Å². The second-order valence-electron chi connectivity index (χ2n) is 5.88. The molecule has 2 saturated heterocycles. The maximum absolute atomic E-state index is 12.5. The van der Waals surface area contributed by atoms with Crippen molar-refractivity contribution < 1.29 is 18.3 Å². The van der Waals surface area contributed by atoms with Gasteiger partial charge in [-0.1, -0.05) is 0 Å². The van der Waals surface area contributed by atoms with Crippen LogP contribution < -0.4 is 10.1 Å². The Kier molecular flexibility index (Phi) is 5.07. The Morgan fingerprint density at radius 1 is 1.17 bits per heavy atom. The number of alkyl halides is 2. The summed E-state index contributed by atoms with van der Waals surface area (Å²) in [5.74, 6) is 0.00731. The van der Waals surface area contributed by atoms with Gasteiger partial charge in [-0.25, -0.2) is 0 Å². The molecule has 23 heavy (non-hydrogen) atoms. The van der Waals surface area contributed by atoms with Crippen molar-refractivity contribution in [2.45, 2.75) is 19.1 Å². The molecule has 0 bridgehead atoms. The molecule has 1 unspecified atom stereocenters. The monoisotopic (exact) mass is 325 g/mol. The third kappa shape index (κ3) is 3.97. The third-order valence-corrected chi connectivity index (χ3v) is 4.48. The van der Waals surface area contributed by atoms with E-state index in [2.05, 4.69) is 15.0 Å². The third-order valence-electron chi connectivity index (χ3n) is 4.48. The first-order valence-corrected chi connectivity index (χ1v) is 7.92. The number of rotatable bonds is 4. The quantitative estimate of drug-likeness (QED) is 0.909. The van der Waals surface area contributed by atoms with Gasteiger partial charge in [-0.15, -0.1) is 0 Å². The fourth-order valence-electron chi connectivity index (χ4n) is 3.20. The van der Waals surface area contributed by atoms with Crippen LogP contribution in [0.25, 0.3) is 0 Å². The molecule has 1 amide bonds. The average molecular weight is 325 g/mol. The van der Waals surface area contributed by atoms with Gasteiger partial charge in [0, 0.05) is 44.3 Å². The van der Waals surface area contributed by atoms with Gasteiger partial charge in [0.1, 0.15) is 5.75 Å². The minimum atomic E-state index is -2.85. The van der Waals surface area contributed by atoms with Crippen LogP contribution in [-0.4, -0.2) is 67.6 Å². The van der Waals surface area contributed by atoms with Crippen molar-refractivity contribution in [1.82, 2.24) is 15.1 Å². The number of carbonyl (C=O) groups excluding carboxylic acids is 1. The fourth-order valence-corrected chi connectivity index (χ4v) is 3.20. The van der Waals surface area contributed by atoms with E-state index in [4.69, 9.17) is 0 Å². The SMILES string of the molecule is O=C(c1ccc(OC(F)F)cc1)N1CCN(C2CCNC2)CC1. The topological polar surface area (TPSA) is 44.8 Å². The molecular formula is C16H21F2N3O2. The van der Waals surface area contributed by atoms with Crippen molar-refractivity contribution in [3.63, 3.8) is 0 Å². The summed E-state index contributed by atoms with van der Waals surface area (Å²) >= 11 is 0. The van der Waals surface area contributed by atoms with E-state index in [1.165, 1.54) is 30.7 Å². The minimum Gasteiger partial charge on any atom is -0.435 e. The van der Waals surface area contributed by atoms with E-state index >= 15 is 0 Å². The number of ether oxygens (including phenoxy) is 1. The van der Waals surface area contributed by atoms with Crippen molar-refractivity contribution in [2.75, 3.05) is 39.3 Å². The van der Waals surface area contributed by atoms with Crippen LogP contribution in [-0.2, 0) is 0 Å². The maximum atomic E-state index is 12.5. The number of amides is 1. The van der Waals surface area contributed by atoms with Crippen LogP contribution in [0.3, 0.4) is 0 Å². The van der Waals surface area contributed by atoms with Gasteiger partial charge in [0.2, 0.25) is 0 Å². The van der Waals surface area contributed by atoms with E-state index in [0.717, 1.165) is 26.2 Å². The Morgan fingerprint density at radius 3 is 2.43 bits per heavy atom. The highest BCUT2D eigenvalue weighted by Crippen LogP contribution is 2.18. The number of hydrogen-bond acceptors (Lipinski definition) is 4. The van der Waals surface area contributed by atoms with E-state index in [1.54, 1.807) is 0 Å². The second kappa shape index (κ2) is 7.23. The number of piperazine rings is 1. The Labute approximate surface area is 134 Å². The molecule has 2 fully saturated rings. The zero-order valence-electron chi connectivity index (χ0n) is 12.9. The van der Waals surface area contributed by atoms with Crippen molar-refractivity contribution in [3.8, 4) is 5.75 Å². The molecule has 2 aliphatic rings. The lowest BCUT2D eigenvalue weighted by atomic mass is 10.1. The van der Waals surface area contributed by atoms with Gasteiger partial charge in [0.15, 0.2) is 0 Å². The molecule has 0 saturated carbocycles. The van der Waals surface area contributed by atoms with Crippen molar-refractivity contribution >= 4 is 5.91 Å². The summed E-state index contributed by atoms with van der Waals surface area (Å²) < 4.78 is 28.6. The predicted molar refractivity (Wildman–Crippen MR) is 81.8 cm³/mol. The Balaban J connectivity index is 1.54. The lowest BCUT2D eigenvalue weighted by molar-refractivity contribution is -0.0498. The second-order valence-corrected chi connectivity index (χ2v) is 5.88. The summed E-state index contributed by atoms with van der Waals surface area (Å²) in [5.41, 5.74) is 0.502. The van der Waals surface area contributed by atoms with E-state index in [-0.39, 0.29) is 11.7 Å².